The van der Waals surface area contributed by atoms with Crippen LogP contribution >= 0.6 is 0 Å². The molecule has 2 aromatic rings. The number of aryl methyl sites for hydroxylation is 4. The van der Waals surface area contributed by atoms with Gasteiger partial charge in [-0.25, -0.2) is 0 Å². The Hall–Kier alpha value is -0.541. The molecule has 0 atom stereocenters. The SMILES string of the molecule is Cn1ccn(CCCCCn2ccn(C)c2=[Se])c1=[Se]. The zero-order chi connectivity index (χ0) is 13.8. The van der Waals surface area contributed by atoms with Gasteiger partial charge in [-0.15, -0.1) is 0 Å². The van der Waals surface area contributed by atoms with Crippen LogP contribution in [0.25, 0.3) is 0 Å². The van der Waals surface area contributed by atoms with Gasteiger partial charge in [0, 0.05) is 0 Å². The first-order chi connectivity index (χ1) is 9.09. The van der Waals surface area contributed by atoms with Gasteiger partial charge in [0.15, 0.2) is 0 Å². The third-order valence-electron chi connectivity index (χ3n) is 3.33. The summed E-state index contributed by atoms with van der Waals surface area (Å²) in [6.45, 7) is 2.18. The Bertz CT molecular complexity index is 588. The van der Waals surface area contributed by atoms with Crippen LogP contribution in [0.1, 0.15) is 19.3 Å². The van der Waals surface area contributed by atoms with Gasteiger partial charge in [-0.3, -0.25) is 0 Å². The molecule has 0 aliphatic rings. The van der Waals surface area contributed by atoms with Crippen LogP contribution in [0.3, 0.4) is 0 Å². The van der Waals surface area contributed by atoms with Gasteiger partial charge in [-0.1, -0.05) is 0 Å². The Kier molecular flexibility index (Phi) is 5.28. The predicted octanol–water partition coefficient (Wildman–Crippen LogP) is 1.24. The van der Waals surface area contributed by atoms with E-state index in [1.165, 1.54) is 27.9 Å². The standard InChI is InChI=1S/C13H20N4Se2/c1-14-8-10-16(12(14)18)6-4-3-5-7-17-11-9-15(2)13(17)19/h8-11H,3-7H2,1-2H3. The quantitative estimate of drug-likeness (QED) is 0.523. The first kappa shape index (κ1) is 14.9. The number of aromatic nitrogens is 4. The fourth-order valence-electron chi connectivity index (χ4n) is 2.10. The number of unbranched alkanes of at least 4 members (excludes halogenated alkanes) is 2. The molecule has 104 valence electrons. The van der Waals surface area contributed by atoms with Crippen molar-refractivity contribution in [3.8, 4) is 0 Å². The van der Waals surface area contributed by atoms with E-state index in [0.717, 1.165) is 13.1 Å². The molecular formula is C13H20N4Se2. The molecule has 2 aromatic heterocycles. The van der Waals surface area contributed by atoms with E-state index in [9.17, 15) is 0 Å². The minimum atomic E-state index is 1.09. The van der Waals surface area contributed by atoms with Gasteiger partial charge in [0.2, 0.25) is 0 Å². The Morgan fingerprint density at radius 2 is 1.16 bits per heavy atom. The van der Waals surface area contributed by atoms with Gasteiger partial charge >= 0.3 is 129 Å². The molecule has 0 aliphatic carbocycles. The van der Waals surface area contributed by atoms with E-state index in [2.05, 4.69) is 88.3 Å². The van der Waals surface area contributed by atoms with Crippen molar-refractivity contribution in [2.75, 3.05) is 0 Å². The van der Waals surface area contributed by atoms with Crippen LogP contribution < -0.4 is 0 Å². The first-order valence-electron chi connectivity index (χ1n) is 6.53. The topological polar surface area (TPSA) is 19.7 Å². The maximum absolute atomic E-state index is 3.11. The van der Waals surface area contributed by atoms with Gasteiger partial charge in [-0.2, -0.15) is 0 Å². The summed E-state index contributed by atoms with van der Waals surface area (Å²) in [6, 6.07) is 0. The molecule has 0 unspecified atom stereocenters. The van der Waals surface area contributed by atoms with Crippen molar-refractivity contribution >= 4 is 31.2 Å². The second kappa shape index (κ2) is 6.76. The normalized spacial score (nSPS) is 11.1. The van der Waals surface area contributed by atoms with Crippen molar-refractivity contribution in [1.82, 2.24) is 18.3 Å². The molecule has 2 heterocycles. The molecule has 19 heavy (non-hydrogen) atoms. The monoisotopic (exact) mass is 392 g/mol. The van der Waals surface area contributed by atoms with Crippen LogP contribution in [-0.4, -0.2) is 49.4 Å². The molecule has 0 aliphatic heterocycles. The van der Waals surface area contributed by atoms with Gasteiger partial charge in [0.05, 0.1) is 0 Å². The predicted molar refractivity (Wildman–Crippen MR) is 78.7 cm³/mol. The number of imidazole rings is 2. The molecule has 4 nitrogen and oxygen atoms in total. The summed E-state index contributed by atoms with van der Waals surface area (Å²) in [5.74, 6) is 0. The summed E-state index contributed by atoms with van der Waals surface area (Å²) in [4.78, 5) is 0. The second-order valence-corrected chi connectivity index (χ2v) is 6.36. The summed E-state index contributed by atoms with van der Waals surface area (Å²) in [5, 5.41) is 0. The first-order valence-corrected chi connectivity index (χ1v) is 8.24. The van der Waals surface area contributed by atoms with Crippen molar-refractivity contribution in [2.45, 2.75) is 32.4 Å². The van der Waals surface area contributed by atoms with Crippen molar-refractivity contribution in [3.63, 3.8) is 0 Å². The van der Waals surface area contributed by atoms with Gasteiger partial charge in [0.25, 0.3) is 0 Å². The van der Waals surface area contributed by atoms with Crippen molar-refractivity contribution < 1.29 is 0 Å². The third kappa shape index (κ3) is 3.73. The Balaban J connectivity index is 1.73. The van der Waals surface area contributed by atoms with E-state index < -0.39 is 0 Å². The van der Waals surface area contributed by atoms with Crippen molar-refractivity contribution in [3.05, 3.63) is 33.4 Å². The molecule has 0 saturated heterocycles. The van der Waals surface area contributed by atoms with Crippen LogP contribution in [0.15, 0.2) is 24.8 Å². The average molecular weight is 390 g/mol. The number of nitrogens with zero attached hydrogens (tertiary/aromatic N) is 4. The van der Waals surface area contributed by atoms with Crippen LogP contribution in [0.4, 0.5) is 0 Å². The second-order valence-electron chi connectivity index (χ2n) is 4.83. The van der Waals surface area contributed by atoms with Gasteiger partial charge in [-0.05, 0) is 0 Å². The van der Waals surface area contributed by atoms with E-state index >= 15 is 0 Å². The summed E-state index contributed by atoms with van der Waals surface area (Å²) in [5.41, 5.74) is 0. The number of rotatable bonds is 6. The van der Waals surface area contributed by atoms with Gasteiger partial charge < -0.3 is 0 Å². The zero-order valence-electron chi connectivity index (χ0n) is 11.5. The average Bonchev–Trinajstić information content (AvgIpc) is 2.88. The summed E-state index contributed by atoms with van der Waals surface area (Å²) >= 11 is 6.22. The van der Waals surface area contributed by atoms with E-state index in [4.69, 9.17) is 0 Å². The molecule has 0 bridgehead atoms. The Morgan fingerprint density at radius 3 is 1.47 bits per heavy atom. The zero-order valence-corrected chi connectivity index (χ0v) is 14.9. The molecule has 2 rings (SSSR count). The van der Waals surface area contributed by atoms with Crippen LogP contribution in [0.2, 0.25) is 0 Å². The van der Waals surface area contributed by atoms with Crippen LogP contribution in [-0.2, 0) is 27.2 Å². The maximum atomic E-state index is 3.11. The molecule has 0 N–H and O–H groups in total. The molecule has 0 fully saturated rings. The summed E-state index contributed by atoms with van der Waals surface area (Å²) < 4.78 is 11.2. The fraction of sp³-hybridized carbons (Fsp3) is 0.538. The molecule has 0 amide bonds. The molecule has 0 radical (unpaired) electrons. The van der Waals surface area contributed by atoms with E-state index in [1.54, 1.807) is 0 Å². The number of hydrogen-bond acceptors (Lipinski definition) is 0. The molecular weight excluding hydrogens is 370 g/mol. The summed E-state index contributed by atoms with van der Waals surface area (Å²) in [6.07, 6.45) is 12.1. The Morgan fingerprint density at radius 1 is 0.737 bits per heavy atom. The van der Waals surface area contributed by atoms with E-state index in [1.807, 2.05) is 0 Å². The third-order valence-corrected chi connectivity index (χ3v) is 5.53. The molecule has 0 spiro atoms. The van der Waals surface area contributed by atoms with E-state index in [0.29, 0.717) is 0 Å². The minimum absolute atomic E-state index is 1.09. The van der Waals surface area contributed by atoms with Crippen molar-refractivity contribution in [1.29, 1.82) is 0 Å². The van der Waals surface area contributed by atoms with Crippen LogP contribution in [0.5, 0.6) is 0 Å². The fourth-order valence-corrected chi connectivity index (χ4v) is 3.00. The molecule has 0 saturated carbocycles. The molecule has 0 aromatic carbocycles. The van der Waals surface area contributed by atoms with Crippen molar-refractivity contribution in [2.24, 2.45) is 14.1 Å². The molecule has 6 heteroatoms. The van der Waals surface area contributed by atoms with Gasteiger partial charge in [0.1, 0.15) is 0 Å². The number of hydrogen-bond donors (Lipinski definition) is 0. The summed E-state index contributed by atoms with van der Waals surface area (Å²) in [7, 11) is 4.13. The van der Waals surface area contributed by atoms with E-state index in [-0.39, 0.29) is 0 Å². The van der Waals surface area contributed by atoms with Crippen LogP contribution in [0, 0.1) is 8.65 Å². The Labute approximate surface area is 129 Å².